The van der Waals surface area contributed by atoms with Crippen molar-refractivity contribution >= 4 is 23.1 Å². The Labute approximate surface area is 107 Å². The Morgan fingerprint density at radius 1 is 1.53 bits per heavy atom. The number of rotatable bonds is 3. The van der Waals surface area contributed by atoms with Gasteiger partial charge in [0.25, 0.3) is 0 Å². The van der Waals surface area contributed by atoms with Crippen LogP contribution in [0.4, 0.5) is 4.39 Å². The summed E-state index contributed by atoms with van der Waals surface area (Å²) in [5.74, 6) is -0.441. The van der Waals surface area contributed by atoms with E-state index in [1.54, 1.807) is 18.3 Å². The van der Waals surface area contributed by atoms with Crippen molar-refractivity contribution in [3.8, 4) is 16.6 Å². The van der Waals surface area contributed by atoms with Crippen molar-refractivity contribution in [1.29, 1.82) is 5.26 Å². The molecule has 0 bridgehead atoms. The van der Waals surface area contributed by atoms with E-state index >= 15 is 0 Å². The largest absolute Gasteiger partial charge is 0.244 e. The van der Waals surface area contributed by atoms with Gasteiger partial charge in [0.1, 0.15) is 10.8 Å². The molecule has 2 aromatic rings. The highest BCUT2D eigenvalue weighted by molar-refractivity contribution is 7.15. The van der Waals surface area contributed by atoms with Crippen LogP contribution >= 0.6 is 23.1 Å². The first-order valence-electron chi connectivity index (χ1n) is 4.73. The molecule has 0 saturated heterocycles. The maximum Gasteiger partial charge on any atom is 0.134 e. The standard InChI is InChI=1S/C11H7ClFN3S/c12-16-6-8-5-15-11(17-8)9-2-1-7(4-14)3-10(9)13/h1-3,5,16H,6H2. The van der Waals surface area contributed by atoms with E-state index in [1.807, 2.05) is 6.07 Å². The summed E-state index contributed by atoms with van der Waals surface area (Å²) < 4.78 is 13.7. The van der Waals surface area contributed by atoms with Crippen LogP contribution < -0.4 is 4.84 Å². The van der Waals surface area contributed by atoms with Crippen molar-refractivity contribution in [2.24, 2.45) is 0 Å². The summed E-state index contributed by atoms with van der Waals surface area (Å²) in [7, 11) is 0. The minimum Gasteiger partial charge on any atom is -0.244 e. The number of nitriles is 1. The van der Waals surface area contributed by atoms with Crippen LogP contribution in [0.2, 0.25) is 0 Å². The van der Waals surface area contributed by atoms with Crippen LogP contribution in [0.25, 0.3) is 10.6 Å². The summed E-state index contributed by atoms with van der Waals surface area (Å²) in [5.41, 5.74) is 0.695. The molecule has 0 fully saturated rings. The van der Waals surface area contributed by atoms with Gasteiger partial charge in [0.15, 0.2) is 0 Å². The normalized spacial score (nSPS) is 10.2. The zero-order valence-corrected chi connectivity index (χ0v) is 10.1. The average molecular weight is 268 g/mol. The van der Waals surface area contributed by atoms with E-state index in [9.17, 15) is 4.39 Å². The Bertz CT molecular complexity index is 576. The Morgan fingerprint density at radius 2 is 2.35 bits per heavy atom. The van der Waals surface area contributed by atoms with Crippen molar-refractivity contribution < 1.29 is 4.39 Å². The lowest BCUT2D eigenvalue weighted by Crippen LogP contribution is -1.94. The lowest BCUT2D eigenvalue weighted by molar-refractivity contribution is 0.630. The Morgan fingerprint density at radius 3 is 3.00 bits per heavy atom. The second kappa shape index (κ2) is 5.23. The van der Waals surface area contributed by atoms with Crippen LogP contribution in [0.3, 0.4) is 0 Å². The van der Waals surface area contributed by atoms with Gasteiger partial charge in [0, 0.05) is 23.2 Å². The summed E-state index contributed by atoms with van der Waals surface area (Å²) in [4.78, 5) is 7.52. The van der Waals surface area contributed by atoms with Gasteiger partial charge in [0.2, 0.25) is 0 Å². The molecule has 86 valence electrons. The predicted octanol–water partition coefficient (Wildman–Crippen LogP) is 3.06. The Balaban J connectivity index is 2.36. The lowest BCUT2D eigenvalue weighted by atomic mass is 10.1. The topological polar surface area (TPSA) is 48.7 Å². The van der Waals surface area contributed by atoms with Crippen molar-refractivity contribution in [2.45, 2.75) is 6.54 Å². The van der Waals surface area contributed by atoms with E-state index in [-0.39, 0.29) is 0 Å². The molecular weight excluding hydrogens is 261 g/mol. The number of hydrogen-bond acceptors (Lipinski definition) is 4. The number of nitrogens with one attached hydrogen (secondary N) is 1. The average Bonchev–Trinajstić information content (AvgIpc) is 2.78. The molecule has 0 radical (unpaired) electrons. The highest BCUT2D eigenvalue weighted by Gasteiger charge is 2.10. The summed E-state index contributed by atoms with van der Waals surface area (Å²) in [5, 5.41) is 9.22. The molecule has 0 aliphatic rings. The van der Waals surface area contributed by atoms with E-state index in [0.29, 0.717) is 22.7 Å². The summed E-state index contributed by atoms with van der Waals surface area (Å²) >= 11 is 6.74. The van der Waals surface area contributed by atoms with Crippen molar-refractivity contribution in [3.63, 3.8) is 0 Å². The number of halogens is 2. The number of aromatic nitrogens is 1. The van der Waals surface area contributed by atoms with Gasteiger partial charge in [-0.2, -0.15) is 5.26 Å². The fraction of sp³-hybridized carbons (Fsp3) is 0.0909. The highest BCUT2D eigenvalue weighted by Crippen LogP contribution is 2.27. The number of hydrogen-bond donors (Lipinski definition) is 1. The van der Waals surface area contributed by atoms with E-state index < -0.39 is 5.82 Å². The second-order valence-electron chi connectivity index (χ2n) is 3.25. The molecule has 0 saturated carbocycles. The van der Waals surface area contributed by atoms with Crippen molar-refractivity contribution in [3.05, 3.63) is 40.7 Å². The molecule has 0 atom stereocenters. The smallest absolute Gasteiger partial charge is 0.134 e. The summed E-state index contributed by atoms with van der Waals surface area (Å²) in [6.07, 6.45) is 1.65. The highest BCUT2D eigenvalue weighted by atomic mass is 35.5. The molecule has 0 aliphatic carbocycles. The van der Waals surface area contributed by atoms with E-state index in [1.165, 1.54) is 17.4 Å². The van der Waals surface area contributed by atoms with Crippen LogP contribution in [0.5, 0.6) is 0 Å². The quantitative estimate of drug-likeness (QED) is 0.870. The zero-order valence-electron chi connectivity index (χ0n) is 8.58. The first kappa shape index (κ1) is 12.0. The SMILES string of the molecule is N#Cc1ccc(-c2ncc(CNCl)s2)c(F)c1. The third-order valence-corrected chi connectivity index (χ3v) is 3.29. The van der Waals surface area contributed by atoms with Crippen LogP contribution in [-0.4, -0.2) is 4.98 Å². The van der Waals surface area contributed by atoms with Crippen molar-refractivity contribution in [1.82, 2.24) is 9.82 Å². The van der Waals surface area contributed by atoms with Crippen LogP contribution in [0.15, 0.2) is 24.4 Å². The van der Waals surface area contributed by atoms with Gasteiger partial charge < -0.3 is 0 Å². The van der Waals surface area contributed by atoms with Gasteiger partial charge in [-0.1, -0.05) is 0 Å². The van der Waals surface area contributed by atoms with E-state index in [0.717, 1.165) is 4.88 Å². The van der Waals surface area contributed by atoms with Crippen LogP contribution in [0, 0.1) is 17.1 Å². The predicted molar refractivity (Wildman–Crippen MR) is 64.9 cm³/mol. The fourth-order valence-corrected chi connectivity index (χ4v) is 2.44. The second-order valence-corrected chi connectivity index (χ2v) is 4.63. The molecule has 0 spiro atoms. The van der Waals surface area contributed by atoms with E-state index in [4.69, 9.17) is 17.0 Å². The van der Waals surface area contributed by atoms with Crippen LogP contribution in [-0.2, 0) is 6.54 Å². The van der Waals surface area contributed by atoms with Gasteiger partial charge in [0.05, 0.1) is 11.6 Å². The molecule has 1 aromatic carbocycles. The summed E-state index contributed by atoms with van der Waals surface area (Å²) in [6, 6.07) is 6.22. The molecule has 0 unspecified atom stereocenters. The van der Waals surface area contributed by atoms with Gasteiger partial charge >= 0.3 is 0 Å². The molecule has 17 heavy (non-hydrogen) atoms. The van der Waals surface area contributed by atoms with Crippen LogP contribution in [0.1, 0.15) is 10.4 Å². The van der Waals surface area contributed by atoms with Gasteiger partial charge in [-0.15, -0.1) is 11.3 Å². The maximum absolute atomic E-state index is 13.7. The number of nitrogens with zero attached hydrogens (tertiary/aromatic N) is 2. The first-order chi connectivity index (χ1) is 8.24. The number of benzene rings is 1. The Kier molecular flexibility index (Phi) is 3.69. The summed E-state index contributed by atoms with van der Waals surface area (Å²) in [6.45, 7) is 0.483. The first-order valence-corrected chi connectivity index (χ1v) is 5.92. The molecule has 1 N–H and O–H groups in total. The fourth-order valence-electron chi connectivity index (χ4n) is 1.34. The molecule has 6 heteroatoms. The minimum atomic E-state index is -0.441. The van der Waals surface area contributed by atoms with Gasteiger partial charge in [-0.05, 0) is 30.0 Å². The molecule has 3 nitrogen and oxygen atoms in total. The van der Waals surface area contributed by atoms with Gasteiger partial charge in [-0.3, -0.25) is 0 Å². The molecule has 1 aromatic heterocycles. The third kappa shape index (κ3) is 2.61. The van der Waals surface area contributed by atoms with Crippen molar-refractivity contribution in [2.75, 3.05) is 0 Å². The molecule has 0 aliphatic heterocycles. The minimum absolute atomic E-state index is 0.297. The third-order valence-electron chi connectivity index (χ3n) is 2.12. The number of thiazole rings is 1. The van der Waals surface area contributed by atoms with E-state index in [2.05, 4.69) is 9.82 Å². The molecular formula is C11H7ClFN3S. The molecule has 1 heterocycles. The maximum atomic E-state index is 13.7. The Hall–Kier alpha value is -1.48. The zero-order chi connectivity index (χ0) is 12.3. The monoisotopic (exact) mass is 267 g/mol. The molecule has 0 amide bonds. The van der Waals surface area contributed by atoms with Gasteiger partial charge in [-0.25, -0.2) is 14.2 Å². The lowest BCUT2D eigenvalue weighted by Gasteiger charge is -1.98. The molecule has 2 rings (SSSR count).